The van der Waals surface area contributed by atoms with Crippen molar-refractivity contribution < 1.29 is 43.8 Å². The Hall–Kier alpha value is -3.75. The lowest BCUT2D eigenvalue weighted by molar-refractivity contribution is -0.140. The molecule has 29 heavy (non-hydrogen) atoms. The van der Waals surface area contributed by atoms with Gasteiger partial charge < -0.3 is 43.4 Å². The van der Waals surface area contributed by atoms with E-state index in [4.69, 9.17) is 27.4 Å². The van der Waals surface area contributed by atoms with Crippen LogP contribution in [0.15, 0.2) is 0 Å². The fraction of sp³-hybridized carbons (Fsp3) is 0.500. The molecule has 0 bridgehead atoms. The Morgan fingerprint density at radius 1 is 0.690 bits per heavy atom. The van der Waals surface area contributed by atoms with Gasteiger partial charge in [-0.15, -0.1) is 0 Å². The first-order valence-electron chi connectivity index (χ1n) is 7.97. The molecule has 162 valence electrons. The third-order valence-electron chi connectivity index (χ3n) is 3.22. The predicted molar refractivity (Wildman–Crippen MR) is 92.4 cm³/mol. The number of carboxylic acid groups (broad SMARTS) is 2. The molecular formula is C14H22N6O9. The van der Waals surface area contributed by atoms with E-state index in [0.29, 0.717) is 0 Å². The zero-order valence-electron chi connectivity index (χ0n) is 15.0. The van der Waals surface area contributed by atoms with Gasteiger partial charge in [0.05, 0.1) is 25.3 Å². The van der Waals surface area contributed by atoms with Crippen LogP contribution in [0.5, 0.6) is 0 Å². The molecule has 0 saturated heterocycles. The second kappa shape index (κ2) is 11.9. The summed E-state index contributed by atoms with van der Waals surface area (Å²) in [5, 5.41) is 23.2. The molecule has 3 atom stereocenters. The number of nitrogens with one attached hydrogen (secondary N) is 3. The lowest BCUT2D eigenvalue weighted by atomic mass is 10.1. The number of amides is 5. The molecule has 0 heterocycles. The van der Waals surface area contributed by atoms with Gasteiger partial charge in [0.2, 0.25) is 29.5 Å². The Balaban J connectivity index is 5.30. The summed E-state index contributed by atoms with van der Waals surface area (Å²) < 4.78 is 0. The van der Waals surface area contributed by atoms with Crippen molar-refractivity contribution in [1.29, 1.82) is 0 Å². The maximum absolute atomic E-state index is 12.4. The minimum Gasteiger partial charge on any atom is -0.481 e. The van der Waals surface area contributed by atoms with E-state index >= 15 is 0 Å². The van der Waals surface area contributed by atoms with Crippen molar-refractivity contribution >= 4 is 41.5 Å². The SMILES string of the molecule is NC(=O)CC(NC(=O)C(N)CC(=O)O)C(=O)NC(CC(N)=O)C(=O)NCC(=O)O. The molecule has 0 saturated carbocycles. The Bertz CT molecular complexity index is 695. The molecular weight excluding hydrogens is 396 g/mol. The molecule has 0 aliphatic rings. The van der Waals surface area contributed by atoms with Crippen LogP contribution in [0.1, 0.15) is 19.3 Å². The highest BCUT2D eigenvalue weighted by Gasteiger charge is 2.30. The molecule has 5 amide bonds. The molecule has 0 rings (SSSR count). The highest BCUT2D eigenvalue weighted by molar-refractivity contribution is 5.97. The van der Waals surface area contributed by atoms with Gasteiger partial charge in [0.1, 0.15) is 18.6 Å². The third kappa shape index (κ3) is 10.9. The topological polar surface area (TPSA) is 274 Å². The largest absolute Gasteiger partial charge is 0.481 e. The van der Waals surface area contributed by atoms with Crippen LogP contribution in [0, 0.1) is 0 Å². The Morgan fingerprint density at radius 2 is 1.14 bits per heavy atom. The molecule has 0 aliphatic heterocycles. The van der Waals surface area contributed by atoms with Crippen LogP contribution in [0.3, 0.4) is 0 Å². The predicted octanol–water partition coefficient (Wildman–Crippen LogP) is -5.29. The summed E-state index contributed by atoms with van der Waals surface area (Å²) in [5.41, 5.74) is 15.3. The van der Waals surface area contributed by atoms with Gasteiger partial charge in [0, 0.05) is 0 Å². The minimum absolute atomic E-state index is 0.715. The van der Waals surface area contributed by atoms with Crippen molar-refractivity contribution in [2.45, 2.75) is 37.4 Å². The average Bonchev–Trinajstić information content (AvgIpc) is 2.56. The van der Waals surface area contributed by atoms with Gasteiger partial charge in [0.25, 0.3) is 0 Å². The molecule has 15 nitrogen and oxygen atoms in total. The van der Waals surface area contributed by atoms with Crippen molar-refractivity contribution in [3.63, 3.8) is 0 Å². The van der Waals surface area contributed by atoms with Gasteiger partial charge in [-0.25, -0.2) is 0 Å². The summed E-state index contributed by atoms with van der Waals surface area (Å²) in [4.78, 5) is 79.6. The first-order valence-corrected chi connectivity index (χ1v) is 7.97. The Kier molecular flexibility index (Phi) is 10.3. The van der Waals surface area contributed by atoms with E-state index in [1.54, 1.807) is 0 Å². The number of hydrogen-bond donors (Lipinski definition) is 8. The maximum atomic E-state index is 12.4. The van der Waals surface area contributed by atoms with E-state index < -0.39 is 85.4 Å². The van der Waals surface area contributed by atoms with Crippen LogP contribution in [0.4, 0.5) is 0 Å². The highest BCUT2D eigenvalue weighted by atomic mass is 16.4. The molecule has 0 fully saturated rings. The molecule has 0 aromatic rings. The Labute approximate surface area is 163 Å². The van der Waals surface area contributed by atoms with Crippen LogP contribution in [-0.2, 0) is 33.6 Å². The van der Waals surface area contributed by atoms with E-state index in [9.17, 15) is 33.6 Å². The zero-order valence-corrected chi connectivity index (χ0v) is 15.0. The number of nitrogens with two attached hydrogens (primary N) is 3. The van der Waals surface area contributed by atoms with Gasteiger partial charge in [-0.2, -0.15) is 0 Å². The van der Waals surface area contributed by atoms with Crippen molar-refractivity contribution in [2.75, 3.05) is 6.54 Å². The number of aliphatic carboxylic acids is 2. The van der Waals surface area contributed by atoms with E-state index in [2.05, 4.69) is 0 Å². The monoisotopic (exact) mass is 418 g/mol. The lowest BCUT2D eigenvalue weighted by Crippen LogP contribution is -2.57. The normalized spacial score (nSPS) is 13.3. The van der Waals surface area contributed by atoms with E-state index in [1.165, 1.54) is 0 Å². The van der Waals surface area contributed by atoms with E-state index in [0.717, 1.165) is 0 Å². The number of primary amides is 2. The van der Waals surface area contributed by atoms with Crippen molar-refractivity contribution in [3.8, 4) is 0 Å². The first-order chi connectivity index (χ1) is 13.3. The number of carbonyl (C=O) groups is 7. The second-order valence-corrected chi connectivity index (χ2v) is 5.78. The molecule has 0 aromatic carbocycles. The standard InChI is InChI=1S/C14H22N6O9/c15-5(1-10(23)24)12(27)19-7(3-9(17)22)14(29)20-6(2-8(16)21)13(28)18-4-11(25)26/h5-7H,1-4,15H2,(H2,16,21)(H2,17,22)(H,18,28)(H,19,27)(H,20,29)(H,23,24)(H,25,26). The molecule has 0 aromatic heterocycles. The fourth-order valence-corrected chi connectivity index (χ4v) is 1.94. The average molecular weight is 418 g/mol. The van der Waals surface area contributed by atoms with Crippen LogP contribution in [0.25, 0.3) is 0 Å². The van der Waals surface area contributed by atoms with Crippen LogP contribution in [0.2, 0.25) is 0 Å². The van der Waals surface area contributed by atoms with Crippen LogP contribution < -0.4 is 33.2 Å². The summed E-state index contributed by atoms with van der Waals surface area (Å²) >= 11 is 0. The summed E-state index contributed by atoms with van der Waals surface area (Å²) in [6.45, 7) is -0.810. The van der Waals surface area contributed by atoms with Crippen molar-refractivity contribution in [2.24, 2.45) is 17.2 Å². The maximum Gasteiger partial charge on any atom is 0.322 e. The summed E-state index contributed by atoms with van der Waals surface area (Å²) in [7, 11) is 0. The van der Waals surface area contributed by atoms with Gasteiger partial charge in [-0.3, -0.25) is 33.6 Å². The van der Waals surface area contributed by atoms with Crippen molar-refractivity contribution in [3.05, 3.63) is 0 Å². The van der Waals surface area contributed by atoms with Crippen LogP contribution >= 0.6 is 0 Å². The summed E-state index contributed by atoms with van der Waals surface area (Å²) in [6, 6.07) is -4.81. The number of carboxylic acids is 2. The fourth-order valence-electron chi connectivity index (χ4n) is 1.94. The molecule has 0 aliphatic carbocycles. The quantitative estimate of drug-likeness (QED) is 0.141. The Morgan fingerprint density at radius 3 is 1.55 bits per heavy atom. The summed E-state index contributed by atoms with van der Waals surface area (Å²) in [5.74, 6) is -8.12. The highest BCUT2D eigenvalue weighted by Crippen LogP contribution is 1.99. The second-order valence-electron chi connectivity index (χ2n) is 5.78. The number of rotatable bonds is 13. The van der Waals surface area contributed by atoms with Gasteiger partial charge in [0.15, 0.2) is 0 Å². The molecule has 11 N–H and O–H groups in total. The van der Waals surface area contributed by atoms with Gasteiger partial charge in [-0.1, -0.05) is 0 Å². The van der Waals surface area contributed by atoms with Gasteiger partial charge >= 0.3 is 11.9 Å². The number of hydrogen-bond acceptors (Lipinski definition) is 8. The number of carbonyl (C=O) groups excluding carboxylic acids is 5. The zero-order chi connectivity index (χ0) is 22.7. The molecule has 3 unspecified atom stereocenters. The van der Waals surface area contributed by atoms with E-state index in [-0.39, 0.29) is 0 Å². The minimum atomic E-state index is -1.65. The van der Waals surface area contributed by atoms with Crippen molar-refractivity contribution in [1.82, 2.24) is 16.0 Å². The third-order valence-corrected chi connectivity index (χ3v) is 3.22. The molecule has 0 radical (unpaired) electrons. The van der Waals surface area contributed by atoms with Gasteiger partial charge in [-0.05, 0) is 0 Å². The smallest absolute Gasteiger partial charge is 0.322 e. The first kappa shape index (κ1) is 25.2. The molecule has 0 spiro atoms. The molecule has 15 heteroatoms. The van der Waals surface area contributed by atoms with Crippen LogP contribution in [-0.4, -0.2) is 76.4 Å². The van der Waals surface area contributed by atoms with E-state index in [1.807, 2.05) is 16.0 Å². The lowest BCUT2D eigenvalue weighted by Gasteiger charge is -2.22. The summed E-state index contributed by atoms with van der Waals surface area (Å²) in [6.07, 6.45) is -2.22.